The summed E-state index contributed by atoms with van der Waals surface area (Å²) in [7, 11) is -0.589. The van der Waals surface area contributed by atoms with Crippen LogP contribution in [-0.2, 0) is 23.2 Å². The molecule has 1 aromatic carbocycles. The number of rotatable bonds is 7. The number of benzene rings is 1. The van der Waals surface area contributed by atoms with Crippen molar-refractivity contribution in [3.8, 4) is 0 Å². The molecule has 1 N–H and O–H groups in total. The van der Waals surface area contributed by atoms with Gasteiger partial charge < -0.3 is 19.3 Å². The summed E-state index contributed by atoms with van der Waals surface area (Å²) >= 11 is 0. The maximum atomic E-state index is 11.9. The highest BCUT2D eigenvalue weighted by atomic mass is 31.2. The number of nitrogens with one attached hydrogen (secondary N) is 1. The van der Waals surface area contributed by atoms with Gasteiger partial charge in [-0.25, -0.2) is 0 Å². The summed E-state index contributed by atoms with van der Waals surface area (Å²) in [6, 6.07) is 7.13. The molecular formula is C16H23N2O5P. The topological polar surface area (TPSA) is 84.9 Å². The normalized spacial score (nSPS) is 15.4. The molecule has 1 fully saturated rings. The molecule has 2 amide bonds. The average molecular weight is 354 g/mol. The van der Waals surface area contributed by atoms with E-state index in [1.165, 1.54) is 14.2 Å². The first kappa shape index (κ1) is 18.6. The molecule has 0 aliphatic carbocycles. The van der Waals surface area contributed by atoms with Gasteiger partial charge in [0, 0.05) is 45.0 Å². The summed E-state index contributed by atoms with van der Waals surface area (Å²) < 4.78 is 21.5. The van der Waals surface area contributed by atoms with E-state index in [2.05, 4.69) is 5.32 Å². The molecule has 1 aliphatic heterocycles. The van der Waals surface area contributed by atoms with Gasteiger partial charge in [0.25, 0.3) is 0 Å². The van der Waals surface area contributed by atoms with E-state index in [-0.39, 0.29) is 24.4 Å². The predicted molar refractivity (Wildman–Crippen MR) is 92.4 cm³/mol. The monoisotopic (exact) mass is 354 g/mol. The Hall–Kier alpha value is -1.69. The minimum Gasteiger partial charge on any atom is -0.326 e. The zero-order valence-electron chi connectivity index (χ0n) is 14.0. The fourth-order valence-electron chi connectivity index (χ4n) is 2.52. The van der Waals surface area contributed by atoms with E-state index in [1.54, 1.807) is 17.0 Å². The van der Waals surface area contributed by atoms with Gasteiger partial charge in [-0.1, -0.05) is 0 Å². The van der Waals surface area contributed by atoms with Gasteiger partial charge in [-0.05, 0) is 37.1 Å². The molecular weight excluding hydrogens is 331 g/mol. The Bertz CT molecular complexity index is 624. The molecule has 1 aliphatic rings. The SMILES string of the molecule is COP(=O)(CCC(=O)Nc1ccc(N2CCCCC2=O)cc1)OC. The van der Waals surface area contributed by atoms with Crippen LogP contribution in [0, 0.1) is 0 Å². The molecule has 132 valence electrons. The maximum absolute atomic E-state index is 11.9. The third kappa shape index (κ3) is 4.90. The van der Waals surface area contributed by atoms with E-state index >= 15 is 0 Å². The number of anilines is 2. The Balaban J connectivity index is 1.90. The van der Waals surface area contributed by atoms with Crippen LogP contribution in [0.2, 0.25) is 0 Å². The lowest BCUT2D eigenvalue weighted by atomic mass is 10.1. The maximum Gasteiger partial charge on any atom is 0.330 e. The number of piperidine rings is 1. The quantitative estimate of drug-likeness (QED) is 0.761. The molecule has 2 rings (SSSR count). The van der Waals surface area contributed by atoms with E-state index < -0.39 is 7.60 Å². The van der Waals surface area contributed by atoms with Crippen molar-refractivity contribution in [2.45, 2.75) is 25.7 Å². The van der Waals surface area contributed by atoms with Crippen molar-refractivity contribution in [2.75, 3.05) is 37.1 Å². The standard InChI is InChI=1S/C16H23N2O5P/c1-22-24(21,23-2)12-10-15(19)17-13-6-8-14(9-7-13)18-11-4-3-5-16(18)20/h6-9H,3-5,10-12H2,1-2H3,(H,17,19). The highest BCUT2D eigenvalue weighted by Crippen LogP contribution is 2.46. The molecule has 1 heterocycles. The molecule has 1 aromatic rings. The van der Waals surface area contributed by atoms with Crippen molar-refractivity contribution in [3.63, 3.8) is 0 Å². The molecule has 0 saturated carbocycles. The zero-order chi connectivity index (χ0) is 17.6. The second-order valence-corrected chi connectivity index (χ2v) is 7.95. The van der Waals surface area contributed by atoms with E-state index in [0.717, 1.165) is 25.1 Å². The molecule has 0 unspecified atom stereocenters. The fraction of sp³-hybridized carbons (Fsp3) is 0.500. The molecule has 1 saturated heterocycles. The Labute approximate surface area is 141 Å². The third-order valence-corrected chi connectivity index (χ3v) is 5.84. The second kappa shape index (κ2) is 8.42. The largest absolute Gasteiger partial charge is 0.330 e. The van der Waals surface area contributed by atoms with Crippen molar-refractivity contribution in [2.24, 2.45) is 0 Å². The van der Waals surface area contributed by atoms with Crippen molar-refractivity contribution in [1.82, 2.24) is 0 Å². The Morgan fingerprint density at radius 3 is 2.46 bits per heavy atom. The molecule has 0 bridgehead atoms. The van der Waals surface area contributed by atoms with Crippen LogP contribution in [0.5, 0.6) is 0 Å². The highest BCUT2D eigenvalue weighted by Gasteiger charge is 2.22. The molecule has 0 radical (unpaired) electrons. The Kier molecular flexibility index (Phi) is 6.54. The van der Waals surface area contributed by atoms with E-state index in [9.17, 15) is 14.2 Å². The van der Waals surface area contributed by atoms with Crippen LogP contribution in [0.4, 0.5) is 11.4 Å². The van der Waals surface area contributed by atoms with Crippen molar-refractivity contribution in [3.05, 3.63) is 24.3 Å². The van der Waals surface area contributed by atoms with Crippen molar-refractivity contribution >= 4 is 30.8 Å². The van der Waals surface area contributed by atoms with Gasteiger partial charge in [-0.15, -0.1) is 0 Å². The number of nitrogens with zero attached hydrogens (tertiary/aromatic N) is 1. The predicted octanol–water partition coefficient (Wildman–Crippen LogP) is 3.02. The Morgan fingerprint density at radius 2 is 1.88 bits per heavy atom. The van der Waals surface area contributed by atoms with Gasteiger partial charge in [0.2, 0.25) is 11.8 Å². The summed E-state index contributed by atoms with van der Waals surface area (Å²) in [5, 5.41) is 2.73. The molecule has 8 heteroatoms. The van der Waals surface area contributed by atoms with Crippen LogP contribution >= 0.6 is 7.60 Å². The van der Waals surface area contributed by atoms with E-state index in [0.29, 0.717) is 12.1 Å². The first-order valence-electron chi connectivity index (χ1n) is 7.88. The van der Waals surface area contributed by atoms with Crippen molar-refractivity contribution in [1.29, 1.82) is 0 Å². The van der Waals surface area contributed by atoms with Crippen LogP contribution in [-0.4, -0.2) is 38.7 Å². The lowest BCUT2D eigenvalue weighted by Gasteiger charge is -2.26. The summed E-state index contributed by atoms with van der Waals surface area (Å²) in [5.74, 6) is -0.140. The summed E-state index contributed by atoms with van der Waals surface area (Å²) in [6.45, 7) is 0.730. The van der Waals surface area contributed by atoms with E-state index in [4.69, 9.17) is 9.05 Å². The lowest BCUT2D eigenvalue weighted by Crippen LogP contribution is -2.35. The smallest absolute Gasteiger partial charge is 0.326 e. The Morgan fingerprint density at radius 1 is 1.21 bits per heavy atom. The van der Waals surface area contributed by atoms with Crippen LogP contribution in [0.1, 0.15) is 25.7 Å². The number of hydrogen-bond donors (Lipinski definition) is 1. The molecule has 0 atom stereocenters. The van der Waals surface area contributed by atoms with Crippen molar-refractivity contribution < 1.29 is 23.2 Å². The second-order valence-electron chi connectivity index (χ2n) is 5.55. The molecule has 7 nitrogen and oxygen atoms in total. The summed E-state index contributed by atoms with van der Waals surface area (Å²) in [6.07, 6.45) is 2.58. The number of carbonyl (C=O) groups excluding carboxylic acids is 2. The number of hydrogen-bond acceptors (Lipinski definition) is 5. The first-order chi connectivity index (χ1) is 11.5. The minimum absolute atomic E-state index is 0.0200. The van der Waals surface area contributed by atoms with Crippen LogP contribution in [0.15, 0.2) is 24.3 Å². The van der Waals surface area contributed by atoms with Gasteiger partial charge in [-0.3, -0.25) is 14.2 Å². The number of amides is 2. The third-order valence-electron chi connectivity index (χ3n) is 3.96. The van der Waals surface area contributed by atoms with Crippen LogP contribution < -0.4 is 10.2 Å². The first-order valence-corrected chi connectivity index (χ1v) is 9.61. The molecule has 24 heavy (non-hydrogen) atoms. The van der Waals surface area contributed by atoms with Gasteiger partial charge in [0.05, 0.1) is 6.16 Å². The summed E-state index contributed by atoms with van der Waals surface area (Å²) in [4.78, 5) is 25.6. The molecule has 0 spiro atoms. The van der Waals surface area contributed by atoms with Crippen LogP contribution in [0.25, 0.3) is 0 Å². The van der Waals surface area contributed by atoms with Crippen LogP contribution in [0.3, 0.4) is 0 Å². The van der Waals surface area contributed by atoms with Gasteiger partial charge >= 0.3 is 7.60 Å². The van der Waals surface area contributed by atoms with Gasteiger partial charge in [0.1, 0.15) is 0 Å². The molecule has 0 aromatic heterocycles. The van der Waals surface area contributed by atoms with E-state index in [1.807, 2.05) is 12.1 Å². The average Bonchev–Trinajstić information content (AvgIpc) is 2.61. The van der Waals surface area contributed by atoms with Gasteiger partial charge in [0.15, 0.2) is 0 Å². The fourth-order valence-corrected chi connectivity index (χ4v) is 3.51. The number of carbonyl (C=O) groups is 2. The highest BCUT2D eigenvalue weighted by molar-refractivity contribution is 7.53. The van der Waals surface area contributed by atoms with Gasteiger partial charge in [-0.2, -0.15) is 0 Å². The minimum atomic E-state index is -3.18. The lowest BCUT2D eigenvalue weighted by molar-refractivity contribution is -0.119. The summed E-state index contributed by atoms with van der Waals surface area (Å²) in [5.41, 5.74) is 1.46. The zero-order valence-corrected chi connectivity index (χ0v) is 14.9.